The number of imidazole rings is 1. The summed E-state index contributed by atoms with van der Waals surface area (Å²) in [6, 6.07) is 6.84. The van der Waals surface area contributed by atoms with Gasteiger partial charge in [0.05, 0.1) is 30.0 Å². The van der Waals surface area contributed by atoms with E-state index < -0.39 is 6.10 Å². The Hall–Kier alpha value is -3.13. The second kappa shape index (κ2) is 6.55. The lowest BCUT2D eigenvalue weighted by Crippen LogP contribution is -2.38. The SMILES string of the molecule is Cc1ccc(C(=O)N2CCn3nc([C@@H](O)c4nccn4C)cc3C2)c(O)c1. The Morgan fingerprint density at radius 2 is 2.07 bits per heavy atom. The van der Waals surface area contributed by atoms with Crippen LogP contribution in [0.5, 0.6) is 5.75 Å². The maximum Gasteiger partial charge on any atom is 0.258 e. The molecule has 0 fully saturated rings. The van der Waals surface area contributed by atoms with E-state index in [1.54, 1.807) is 44.7 Å². The molecule has 4 rings (SSSR count). The minimum atomic E-state index is -0.923. The Labute approximate surface area is 156 Å². The number of nitrogens with zero attached hydrogens (tertiary/aromatic N) is 5. The smallest absolute Gasteiger partial charge is 0.258 e. The van der Waals surface area contributed by atoms with Crippen molar-refractivity contribution in [3.05, 3.63) is 65.0 Å². The third-order valence-electron chi connectivity index (χ3n) is 4.87. The summed E-state index contributed by atoms with van der Waals surface area (Å²) in [6.45, 7) is 3.24. The molecular weight excluding hydrogens is 346 g/mol. The third kappa shape index (κ3) is 3.08. The first-order valence-corrected chi connectivity index (χ1v) is 8.75. The fraction of sp³-hybridized carbons (Fsp3) is 0.316. The number of hydrogen-bond donors (Lipinski definition) is 2. The van der Waals surface area contributed by atoms with Crippen molar-refractivity contribution in [2.45, 2.75) is 26.1 Å². The van der Waals surface area contributed by atoms with Crippen LogP contribution in [0.25, 0.3) is 0 Å². The van der Waals surface area contributed by atoms with Gasteiger partial charge in [-0.25, -0.2) is 4.98 Å². The standard InChI is InChI=1S/C19H21N5O3/c1-12-3-4-14(16(25)9-12)19(27)23-7-8-24-13(11-23)10-15(21-24)17(26)18-20-5-6-22(18)2/h3-6,9-10,17,25-26H,7-8,11H2,1-2H3/t17-/m1/s1. The summed E-state index contributed by atoms with van der Waals surface area (Å²) in [5, 5.41) is 25.1. The zero-order chi connectivity index (χ0) is 19.1. The number of fused-ring (bicyclic) bond motifs is 1. The predicted molar refractivity (Wildman–Crippen MR) is 97.1 cm³/mol. The number of aromatic nitrogens is 4. The van der Waals surface area contributed by atoms with Crippen molar-refractivity contribution < 1.29 is 15.0 Å². The maximum absolute atomic E-state index is 12.8. The van der Waals surface area contributed by atoms with Crippen LogP contribution in [-0.4, -0.2) is 46.9 Å². The van der Waals surface area contributed by atoms with Crippen molar-refractivity contribution in [2.75, 3.05) is 6.54 Å². The van der Waals surface area contributed by atoms with E-state index in [2.05, 4.69) is 10.1 Å². The minimum Gasteiger partial charge on any atom is -0.507 e. The highest BCUT2D eigenvalue weighted by Crippen LogP contribution is 2.25. The van der Waals surface area contributed by atoms with Gasteiger partial charge in [0.15, 0.2) is 6.10 Å². The van der Waals surface area contributed by atoms with Gasteiger partial charge in [-0.2, -0.15) is 5.10 Å². The van der Waals surface area contributed by atoms with E-state index in [0.29, 0.717) is 36.7 Å². The molecule has 8 heteroatoms. The summed E-state index contributed by atoms with van der Waals surface area (Å²) in [5.74, 6) is 0.291. The number of amides is 1. The summed E-state index contributed by atoms with van der Waals surface area (Å²) in [5.41, 5.74) is 2.53. The molecule has 8 nitrogen and oxygen atoms in total. The van der Waals surface area contributed by atoms with Crippen LogP contribution in [0.15, 0.2) is 36.7 Å². The fourth-order valence-corrected chi connectivity index (χ4v) is 3.36. The molecule has 0 saturated heterocycles. The largest absolute Gasteiger partial charge is 0.507 e. The molecule has 0 saturated carbocycles. The molecule has 0 bridgehead atoms. The first-order valence-electron chi connectivity index (χ1n) is 8.75. The molecule has 1 amide bonds. The van der Waals surface area contributed by atoms with Crippen LogP contribution in [0.3, 0.4) is 0 Å². The molecule has 0 unspecified atom stereocenters. The van der Waals surface area contributed by atoms with Crippen LogP contribution in [-0.2, 0) is 20.1 Å². The van der Waals surface area contributed by atoms with Crippen molar-refractivity contribution in [2.24, 2.45) is 7.05 Å². The molecule has 3 aromatic rings. The van der Waals surface area contributed by atoms with Gasteiger partial charge >= 0.3 is 0 Å². The van der Waals surface area contributed by atoms with Crippen molar-refractivity contribution in [3.63, 3.8) is 0 Å². The molecule has 27 heavy (non-hydrogen) atoms. The van der Waals surface area contributed by atoms with Crippen LogP contribution in [0.4, 0.5) is 0 Å². The van der Waals surface area contributed by atoms with Gasteiger partial charge in [-0.15, -0.1) is 0 Å². The highest BCUT2D eigenvalue weighted by Gasteiger charge is 2.27. The Balaban J connectivity index is 1.56. The summed E-state index contributed by atoms with van der Waals surface area (Å²) >= 11 is 0. The van der Waals surface area contributed by atoms with Crippen LogP contribution in [0.1, 0.15) is 39.2 Å². The second-order valence-electron chi connectivity index (χ2n) is 6.83. The lowest BCUT2D eigenvalue weighted by molar-refractivity contribution is 0.0702. The molecular formula is C19H21N5O3. The predicted octanol–water partition coefficient (Wildman–Crippen LogP) is 1.37. The number of phenols is 1. The van der Waals surface area contributed by atoms with Gasteiger partial charge in [-0.3, -0.25) is 9.48 Å². The molecule has 3 heterocycles. The highest BCUT2D eigenvalue weighted by molar-refractivity contribution is 5.96. The van der Waals surface area contributed by atoms with E-state index in [0.717, 1.165) is 11.3 Å². The van der Waals surface area contributed by atoms with Crippen molar-refractivity contribution >= 4 is 5.91 Å². The summed E-state index contributed by atoms with van der Waals surface area (Å²) in [7, 11) is 1.82. The van der Waals surface area contributed by atoms with E-state index in [4.69, 9.17) is 0 Å². The van der Waals surface area contributed by atoms with E-state index in [1.807, 2.05) is 20.0 Å². The molecule has 1 aromatic carbocycles. The van der Waals surface area contributed by atoms with E-state index in [-0.39, 0.29) is 11.7 Å². The first kappa shape index (κ1) is 17.3. The summed E-state index contributed by atoms with van der Waals surface area (Å²) in [6.07, 6.45) is 2.47. The zero-order valence-electron chi connectivity index (χ0n) is 15.2. The quantitative estimate of drug-likeness (QED) is 0.729. The number of carbonyl (C=O) groups excluding carboxylic acids is 1. The van der Waals surface area contributed by atoms with Gasteiger partial charge in [-0.1, -0.05) is 6.07 Å². The van der Waals surface area contributed by atoms with Gasteiger partial charge in [-0.05, 0) is 30.7 Å². The summed E-state index contributed by atoms with van der Waals surface area (Å²) < 4.78 is 3.55. The molecule has 1 atom stereocenters. The monoisotopic (exact) mass is 367 g/mol. The number of aliphatic hydroxyl groups is 1. The van der Waals surface area contributed by atoms with Gasteiger partial charge in [0.1, 0.15) is 11.6 Å². The third-order valence-corrected chi connectivity index (χ3v) is 4.87. The Morgan fingerprint density at radius 1 is 1.26 bits per heavy atom. The van der Waals surface area contributed by atoms with E-state index in [9.17, 15) is 15.0 Å². The normalized spacial score (nSPS) is 14.9. The topological polar surface area (TPSA) is 96.4 Å². The van der Waals surface area contributed by atoms with Crippen LogP contribution < -0.4 is 0 Å². The minimum absolute atomic E-state index is 0.00928. The lowest BCUT2D eigenvalue weighted by atomic mass is 10.1. The van der Waals surface area contributed by atoms with Crippen LogP contribution >= 0.6 is 0 Å². The molecule has 140 valence electrons. The number of carbonyl (C=O) groups is 1. The average Bonchev–Trinajstić information content (AvgIpc) is 3.26. The van der Waals surface area contributed by atoms with Crippen molar-refractivity contribution in [1.82, 2.24) is 24.2 Å². The van der Waals surface area contributed by atoms with Crippen LogP contribution in [0, 0.1) is 6.92 Å². The van der Waals surface area contributed by atoms with E-state index in [1.165, 1.54) is 0 Å². The van der Waals surface area contributed by atoms with Gasteiger partial charge in [0.2, 0.25) is 0 Å². The Kier molecular flexibility index (Phi) is 4.19. The molecule has 2 N–H and O–H groups in total. The zero-order valence-corrected chi connectivity index (χ0v) is 15.2. The number of aryl methyl sites for hydroxylation is 2. The molecule has 0 aliphatic carbocycles. The molecule has 1 aliphatic rings. The van der Waals surface area contributed by atoms with Gasteiger partial charge < -0.3 is 19.7 Å². The number of aromatic hydroxyl groups is 1. The first-order chi connectivity index (χ1) is 12.9. The Morgan fingerprint density at radius 3 is 2.78 bits per heavy atom. The lowest BCUT2D eigenvalue weighted by Gasteiger charge is -2.28. The average molecular weight is 367 g/mol. The van der Waals surface area contributed by atoms with E-state index >= 15 is 0 Å². The number of phenolic OH excluding ortho intramolecular Hbond substituents is 1. The number of aliphatic hydroxyl groups excluding tert-OH is 1. The maximum atomic E-state index is 12.8. The molecule has 0 radical (unpaired) electrons. The Bertz CT molecular complexity index is 1010. The molecule has 0 spiro atoms. The molecule has 2 aromatic heterocycles. The van der Waals surface area contributed by atoms with Crippen molar-refractivity contribution in [3.8, 4) is 5.75 Å². The number of rotatable bonds is 3. The van der Waals surface area contributed by atoms with Gasteiger partial charge in [0, 0.05) is 26.0 Å². The summed E-state index contributed by atoms with van der Waals surface area (Å²) in [4.78, 5) is 18.6. The van der Waals surface area contributed by atoms with Crippen LogP contribution in [0.2, 0.25) is 0 Å². The fourth-order valence-electron chi connectivity index (χ4n) is 3.36. The molecule has 1 aliphatic heterocycles. The number of benzene rings is 1. The highest BCUT2D eigenvalue weighted by atomic mass is 16.3. The van der Waals surface area contributed by atoms with Gasteiger partial charge in [0.25, 0.3) is 5.91 Å². The number of hydrogen-bond acceptors (Lipinski definition) is 5. The van der Waals surface area contributed by atoms with Crippen molar-refractivity contribution in [1.29, 1.82) is 0 Å². The second-order valence-corrected chi connectivity index (χ2v) is 6.83.